The van der Waals surface area contributed by atoms with Crippen molar-refractivity contribution >= 4 is 11.3 Å². The summed E-state index contributed by atoms with van der Waals surface area (Å²) in [6, 6.07) is 10.5. The molecule has 1 aromatic carbocycles. The predicted octanol–water partition coefficient (Wildman–Crippen LogP) is 2.54. The van der Waals surface area contributed by atoms with Crippen LogP contribution >= 0.6 is 11.3 Å². The van der Waals surface area contributed by atoms with Crippen molar-refractivity contribution < 1.29 is 0 Å². The molecule has 0 saturated heterocycles. The highest BCUT2D eigenvalue weighted by molar-refractivity contribution is 7.07. The molecule has 0 saturated carbocycles. The molecule has 1 unspecified atom stereocenters. The fourth-order valence-corrected chi connectivity index (χ4v) is 2.70. The van der Waals surface area contributed by atoms with Gasteiger partial charge >= 0.3 is 0 Å². The summed E-state index contributed by atoms with van der Waals surface area (Å²) in [6.45, 7) is 3.68. The Labute approximate surface area is 119 Å². The Balaban J connectivity index is 2.08. The maximum absolute atomic E-state index is 6.03. The molecule has 0 spiro atoms. The molecule has 0 aliphatic rings. The number of likely N-dealkylation sites (N-methyl/N-ethyl adjacent to an activating group) is 1. The molecule has 0 fully saturated rings. The van der Waals surface area contributed by atoms with Crippen molar-refractivity contribution in [3.63, 3.8) is 0 Å². The van der Waals surface area contributed by atoms with Gasteiger partial charge in [0.2, 0.25) is 0 Å². The van der Waals surface area contributed by atoms with Crippen molar-refractivity contribution in [2.75, 3.05) is 13.6 Å². The molecule has 0 aliphatic heterocycles. The Bertz CT molecular complexity index is 483. The van der Waals surface area contributed by atoms with E-state index in [1.165, 1.54) is 5.56 Å². The largest absolute Gasteiger partial charge is 0.329 e. The van der Waals surface area contributed by atoms with E-state index >= 15 is 0 Å². The van der Waals surface area contributed by atoms with Gasteiger partial charge in [-0.3, -0.25) is 4.90 Å². The fourth-order valence-electron chi connectivity index (χ4n) is 2.15. The number of aromatic nitrogens is 1. The van der Waals surface area contributed by atoms with Crippen LogP contribution in [-0.2, 0) is 13.0 Å². The standard InChI is InChI=1S/C15H21N3S/c1-15(11-16,8-13-6-4-3-5-7-13)18(2)9-14-10-19-12-17-14/h3-7,10,12H,8-9,11,16H2,1-2H3. The molecule has 1 aromatic heterocycles. The fraction of sp³-hybridized carbons (Fsp3) is 0.400. The van der Waals surface area contributed by atoms with E-state index in [1.807, 2.05) is 11.6 Å². The number of nitrogens with zero attached hydrogens (tertiary/aromatic N) is 2. The first-order valence-corrected chi connectivity index (χ1v) is 7.40. The molecule has 19 heavy (non-hydrogen) atoms. The maximum Gasteiger partial charge on any atom is 0.0795 e. The van der Waals surface area contributed by atoms with Gasteiger partial charge in [0, 0.05) is 24.0 Å². The number of thiazole rings is 1. The Morgan fingerprint density at radius 2 is 2.05 bits per heavy atom. The van der Waals surface area contributed by atoms with Crippen molar-refractivity contribution in [1.29, 1.82) is 0 Å². The van der Waals surface area contributed by atoms with Crippen LogP contribution in [0.5, 0.6) is 0 Å². The predicted molar refractivity (Wildman–Crippen MR) is 81.2 cm³/mol. The summed E-state index contributed by atoms with van der Waals surface area (Å²) >= 11 is 1.63. The second kappa shape index (κ2) is 6.28. The van der Waals surface area contributed by atoms with Gasteiger partial charge in [-0.25, -0.2) is 4.98 Å². The van der Waals surface area contributed by atoms with Gasteiger partial charge in [0.25, 0.3) is 0 Å². The van der Waals surface area contributed by atoms with E-state index in [1.54, 1.807) is 11.3 Å². The second-order valence-corrected chi connectivity index (χ2v) is 5.92. The summed E-state index contributed by atoms with van der Waals surface area (Å²) in [7, 11) is 2.12. The summed E-state index contributed by atoms with van der Waals surface area (Å²) in [4.78, 5) is 6.65. The molecule has 2 aromatic rings. The first kappa shape index (κ1) is 14.2. The summed E-state index contributed by atoms with van der Waals surface area (Å²) in [6.07, 6.45) is 0.949. The van der Waals surface area contributed by atoms with Gasteiger partial charge in [-0.05, 0) is 26.0 Å². The van der Waals surface area contributed by atoms with Crippen LogP contribution in [0.1, 0.15) is 18.2 Å². The Morgan fingerprint density at radius 3 is 2.63 bits per heavy atom. The molecular formula is C15H21N3S. The third-order valence-corrected chi connectivity index (χ3v) is 4.31. The van der Waals surface area contributed by atoms with Crippen molar-refractivity contribution in [3.8, 4) is 0 Å². The zero-order chi connectivity index (χ0) is 13.7. The average molecular weight is 275 g/mol. The number of rotatable bonds is 6. The van der Waals surface area contributed by atoms with Crippen LogP contribution in [0.3, 0.4) is 0 Å². The van der Waals surface area contributed by atoms with Crippen molar-refractivity contribution in [2.45, 2.75) is 25.4 Å². The molecule has 4 heteroatoms. The van der Waals surface area contributed by atoms with Gasteiger partial charge in [-0.2, -0.15) is 0 Å². The van der Waals surface area contributed by atoms with Crippen LogP contribution in [0.2, 0.25) is 0 Å². The molecule has 1 heterocycles. The number of hydrogen-bond acceptors (Lipinski definition) is 4. The van der Waals surface area contributed by atoms with Gasteiger partial charge in [-0.1, -0.05) is 30.3 Å². The zero-order valence-electron chi connectivity index (χ0n) is 11.5. The highest BCUT2D eigenvalue weighted by Crippen LogP contribution is 2.20. The minimum atomic E-state index is -0.0506. The molecule has 0 aliphatic carbocycles. The lowest BCUT2D eigenvalue weighted by molar-refractivity contribution is 0.134. The highest BCUT2D eigenvalue weighted by atomic mass is 32.1. The van der Waals surface area contributed by atoms with Gasteiger partial charge in [0.1, 0.15) is 0 Å². The van der Waals surface area contributed by atoms with Crippen LogP contribution in [0.15, 0.2) is 41.2 Å². The lowest BCUT2D eigenvalue weighted by Crippen LogP contribution is -2.50. The third kappa shape index (κ3) is 3.62. The van der Waals surface area contributed by atoms with Gasteiger partial charge < -0.3 is 5.73 Å². The van der Waals surface area contributed by atoms with Crippen molar-refractivity contribution in [2.24, 2.45) is 5.73 Å². The van der Waals surface area contributed by atoms with E-state index < -0.39 is 0 Å². The first-order valence-electron chi connectivity index (χ1n) is 6.46. The second-order valence-electron chi connectivity index (χ2n) is 5.20. The maximum atomic E-state index is 6.03. The molecule has 0 bridgehead atoms. The molecular weight excluding hydrogens is 254 g/mol. The SMILES string of the molecule is CN(Cc1cscn1)C(C)(CN)Cc1ccccc1. The van der Waals surface area contributed by atoms with E-state index in [0.717, 1.165) is 18.7 Å². The highest BCUT2D eigenvalue weighted by Gasteiger charge is 2.28. The zero-order valence-corrected chi connectivity index (χ0v) is 12.4. The summed E-state index contributed by atoms with van der Waals surface area (Å²) in [5, 5.41) is 2.09. The van der Waals surface area contributed by atoms with Crippen LogP contribution < -0.4 is 5.73 Å². The molecule has 1 atom stereocenters. The lowest BCUT2D eigenvalue weighted by Gasteiger charge is -2.38. The Kier molecular flexibility index (Phi) is 4.69. The summed E-state index contributed by atoms with van der Waals surface area (Å²) in [5.41, 5.74) is 10.3. The average Bonchev–Trinajstić information content (AvgIpc) is 2.92. The van der Waals surface area contributed by atoms with Crippen LogP contribution in [0, 0.1) is 0 Å². The summed E-state index contributed by atoms with van der Waals surface area (Å²) in [5.74, 6) is 0. The van der Waals surface area contributed by atoms with Crippen LogP contribution in [0.25, 0.3) is 0 Å². The van der Waals surface area contributed by atoms with Crippen molar-refractivity contribution in [1.82, 2.24) is 9.88 Å². The molecule has 0 radical (unpaired) electrons. The van der Waals surface area contributed by atoms with Crippen LogP contribution in [0.4, 0.5) is 0 Å². The van der Waals surface area contributed by atoms with E-state index in [2.05, 4.69) is 53.5 Å². The normalized spacial score (nSPS) is 14.5. The van der Waals surface area contributed by atoms with Gasteiger partial charge in [0.15, 0.2) is 0 Å². The Morgan fingerprint density at radius 1 is 1.32 bits per heavy atom. The van der Waals surface area contributed by atoms with E-state index in [-0.39, 0.29) is 5.54 Å². The van der Waals surface area contributed by atoms with E-state index in [0.29, 0.717) is 6.54 Å². The first-order chi connectivity index (χ1) is 9.14. The van der Waals surface area contributed by atoms with E-state index in [4.69, 9.17) is 5.73 Å². The summed E-state index contributed by atoms with van der Waals surface area (Å²) < 4.78 is 0. The minimum Gasteiger partial charge on any atom is -0.329 e. The van der Waals surface area contributed by atoms with E-state index in [9.17, 15) is 0 Å². The van der Waals surface area contributed by atoms with Crippen molar-refractivity contribution in [3.05, 3.63) is 52.5 Å². The molecule has 2 N–H and O–H groups in total. The lowest BCUT2D eigenvalue weighted by atomic mass is 9.91. The number of nitrogens with two attached hydrogens (primary N) is 1. The molecule has 3 nitrogen and oxygen atoms in total. The molecule has 102 valence electrons. The number of benzene rings is 1. The third-order valence-electron chi connectivity index (χ3n) is 3.67. The monoisotopic (exact) mass is 275 g/mol. The van der Waals surface area contributed by atoms with Gasteiger partial charge in [-0.15, -0.1) is 11.3 Å². The minimum absolute atomic E-state index is 0.0506. The molecule has 0 amide bonds. The Hall–Kier alpha value is -1.23. The quantitative estimate of drug-likeness (QED) is 0.881. The topological polar surface area (TPSA) is 42.2 Å². The number of hydrogen-bond donors (Lipinski definition) is 1. The van der Waals surface area contributed by atoms with Crippen LogP contribution in [-0.4, -0.2) is 29.0 Å². The van der Waals surface area contributed by atoms with Gasteiger partial charge in [0.05, 0.1) is 11.2 Å². The smallest absolute Gasteiger partial charge is 0.0795 e. The molecule has 2 rings (SSSR count).